The second kappa shape index (κ2) is 7.00. The van der Waals surface area contributed by atoms with Gasteiger partial charge in [-0.15, -0.1) is 12.4 Å². The molecule has 0 aliphatic carbocycles. The molecule has 0 radical (unpaired) electrons. The van der Waals surface area contributed by atoms with Crippen LogP contribution in [0.1, 0.15) is 18.9 Å². The molecule has 2 N–H and O–H groups in total. The fourth-order valence-corrected chi connectivity index (χ4v) is 3.74. The third kappa shape index (κ3) is 4.12. The molecule has 0 spiro atoms. The standard InChI is InChI=1S/C13H18F2N2O2S.ClH/c1-8-3-4-16-7-12(8)17-20(18,19)13-5-9(2)10(14)6-11(13)15;/h5-6,8,12,16-17H,3-4,7H2,1-2H3;1H. The average Bonchev–Trinajstić information content (AvgIpc) is 2.36. The van der Waals surface area contributed by atoms with Gasteiger partial charge in [-0.3, -0.25) is 0 Å². The van der Waals surface area contributed by atoms with E-state index in [4.69, 9.17) is 0 Å². The van der Waals surface area contributed by atoms with Crippen molar-refractivity contribution in [3.63, 3.8) is 0 Å². The van der Waals surface area contributed by atoms with Crippen LogP contribution < -0.4 is 10.0 Å². The highest BCUT2D eigenvalue weighted by molar-refractivity contribution is 7.89. The number of aryl methyl sites for hydroxylation is 1. The molecule has 2 atom stereocenters. The lowest BCUT2D eigenvalue weighted by molar-refractivity contribution is 0.327. The van der Waals surface area contributed by atoms with Crippen molar-refractivity contribution < 1.29 is 17.2 Å². The summed E-state index contributed by atoms with van der Waals surface area (Å²) in [6.07, 6.45) is 0.845. The summed E-state index contributed by atoms with van der Waals surface area (Å²) in [6.45, 7) is 4.69. The predicted molar refractivity (Wildman–Crippen MR) is 79.1 cm³/mol. The molecule has 120 valence electrons. The summed E-state index contributed by atoms with van der Waals surface area (Å²) in [5, 5.41) is 3.09. The lowest BCUT2D eigenvalue weighted by Crippen LogP contribution is -2.50. The minimum atomic E-state index is -3.99. The van der Waals surface area contributed by atoms with Gasteiger partial charge in [-0.05, 0) is 37.4 Å². The fraction of sp³-hybridized carbons (Fsp3) is 0.538. The number of sulfonamides is 1. The summed E-state index contributed by atoms with van der Waals surface area (Å²) in [7, 11) is -3.99. The Bertz CT molecular complexity index is 610. The van der Waals surface area contributed by atoms with Crippen LogP contribution in [0.25, 0.3) is 0 Å². The van der Waals surface area contributed by atoms with E-state index < -0.39 is 26.6 Å². The Kier molecular flexibility index (Phi) is 6.10. The van der Waals surface area contributed by atoms with Crippen LogP contribution in [0, 0.1) is 24.5 Å². The molecule has 1 aromatic carbocycles. The number of hydrogen-bond acceptors (Lipinski definition) is 3. The van der Waals surface area contributed by atoms with Crippen LogP contribution in [0.4, 0.5) is 8.78 Å². The van der Waals surface area contributed by atoms with Crippen LogP contribution in [0.5, 0.6) is 0 Å². The number of halogens is 3. The smallest absolute Gasteiger partial charge is 0.243 e. The largest absolute Gasteiger partial charge is 0.315 e. The highest BCUT2D eigenvalue weighted by Crippen LogP contribution is 2.21. The Balaban J connectivity index is 0.00000220. The molecule has 1 fully saturated rings. The molecule has 1 heterocycles. The first kappa shape index (κ1) is 18.3. The summed E-state index contributed by atoms with van der Waals surface area (Å²) in [5.74, 6) is -1.66. The highest BCUT2D eigenvalue weighted by Gasteiger charge is 2.28. The normalized spacial score (nSPS) is 22.7. The van der Waals surface area contributed by atoms with Gasteiger partial charge in [-0.2, -0.15) is 0 Å². The van der Waals surface area contributed by atoms with Crippen LogP contribution in [0.3, 0.4) is 0 Å². The molecule has 2 rings (SSSR count). The van der Waals surface area contributed by atoms with E-state index in [9.17, 15) is 17.2 Å². The minimum absolute atomic E-state index is 0. The van der Waals surface area contributed by atoms with Gasteiger partial charge >= 0.3 is 0 Å². The van der Waals surface area contributed by atoms with E-state index >= 15 is 0 Å². The van der Waals surface area contributed by atoms with Crippen LogP contribution in [0.2, 0.25) is 0 Å². The lowest BCUT2D eigenvalue weighted by Gasteiger charge is -2.30. The van der Waals surface area contributed by atoms with Gasteiger partial charge in [0.15, 0.2) is 0 Å². The maximum Gasteiger partial charge on any atom is 0.243 e. The quantitative estimate of drug-likeness (QED) is 0.884. The average molecular weight is 341 g/mol. The van der Waals surface area contributed by atoms with Crippen LogP contribution in [-0.4, -0.2) is 27.5 Å². The van der Waals surface area contributed by atoms with Crippen molar-refractivity contribution in [1.82, 2.24) is 10.0 Å². The molecule has 1 saturated heterocycles. The first-order valence-corrected chi connectivity index (χ1v) is 7.98. The topological polar surface area (TPSA) is 58.2 Å². The second-order valence-electron chi connectivity index (χ2n) is 5.23. The Morgan fingerprint density at radius 3 is 2.57 bits per heavy atom. The zero-order chi connectivity index (χ0) is 14.9. The van der Waals surface area contributed by atoms with Crippen LogP contribution in [-0.2, 0) is 10.0 Å². The Morgan fingerprint density at radius 2 is 1.95 bits per heavy atom. The van der Waals surface area contributed by atoms with Gasteiger partial charge in [0.05, 0.1) is 0 Å². The molecule has 2 unspecified atom stereocenters. The molecular formula is C13H19ClF2N2O2S. The van der Waals surface area contributed by atoms with Crippen LogP contribution >= 0.6 is 12.4 Å². The molecule has 1 aliphatic heterocycles. The van der Waals surface area contributed by atoms with Gasteiger partial charge in [0.25, 0.3) is 0 Å². The van der Waals surface area contributed by atoms with Crippen molar-refractivity contribution in [2.24, 2.45) is 5.92 Å². The monoisotopic (exact) mass is 340 g/mol. The lowest BCUT2D eigenvalue weighted by atomic mass is 9.96. The molecule has 1 aliphatic rings. The van der Waals surface area contributed by atoms with Crippen molar-refractivity contribution in [2.45, 2.75) is 31.2 Å². The molecule has 4 nitrogen and oxygen atoms in total. The van der Waals surface area contributed by atoms with Gasteiger partial charge in [-0.1, -0.05) is 6.92 Å². The SMILES string of the molecule is Cc1cc(S(=O)(=O)NC2CNCCC2C)c(F)cc1F.Cl. The van der Waals surface area contributed by atoms with E-state index in [0.717, 1.165) is 19.0 Å². The Labute approximate surface area is 129 Å². The molecule has 0 aromatic heterocycles. The maximum absolute atomic E-state index is 13.7. The van der Waals surface area contributed by atoms with E-state index in [-0.39, 0.29) is 29.9 Å². The summed E-state index contributed by atoms with van der Waals surface area (Å²) >= 11 is 0. The summed E-state index contributed by atoms with van der Waals surface area (Å²) in [5.41, 5.74) is 0.0987. The van der Waals surface area contributed by atoms with Crippen molar-refractivity contribution in [2.75, 3.05) is 13.1 Å². The van der Waals surface area contributed by atoms with Gasteiger partial charge in [0.1, 0.15) is 16.5 Å². The molecule has 0 amide bonds. The Morgan fingerprint density at radius 1 is 1.29 bits per heavy atom. The van der Waals surface area contributed by atoms with Crippen molar-refractivity contribution in [3.8, 4) is 0 Å². The van der Waals surface area contributed by atoms with Gasteiger partial charge in [0.2, 0.25) is 10.0 Å². The van der Waals surface area contributed by atoms with E-state index in [1.54, 1.807) is 0 Å². The molecular weight excluding hydrogens is 322 g/mol. The predicted octanol–water partition coefficient (Wildman–Crippen LogP) is 1.97. The van der Waals surface area contributed by atoms with E-state index in [2.05, 4.69) is 10.0 Å². The minimum Gasteiger partial charge on any atom is -0.315 e. The van der Waals surface area contributed by atoms with Gasteiger partial charge in [-0.25, -0.2) is 21.9 Å². The molecule has 21 heavy (non-hydrogen) atoms. The molecule has 0 saturated carbocycles. The number of piperidine rings is 1. The Hall–Kier alpha value is -0.760. The maximum atomic E-state index is 13.7. The summed E-state index contributed by atoms with van der Waals surface area (Å²) in [4.78, 5) is -0.505. The zero-order valence-electron chi connectivity index (χ0n) is 11.8. The third-order valence-electron chi connectivity index (χ3n) is 3.64. The van der Waals surface area contributed by atoms with Crippen molar-refractivity contribution >= 4 is 22.4 Å². The van der Waals surface area contributed by atoms with E-state index in [0.29, 0.717) is 12.6 Å². The summed E-state index contributed by atoms with van der Waals surface area (Å²) < 4.78 is 53.9. The molecule has 0 bridgehead atoms. The van der Waals surface area contributed by atoms with Crippen molar-refractivity contribution in [3.05, 3.63) is 29.3 Å². The second-order valence-corrected chi connectivity index (χ2v) is 6.91. The first-order chi connectivity index (χ1) is 9.31. The van der Waals surface area contributed by atoms with E-state index in [1.165, 1.54) is 6.92 Å². The zero-order valence-corrected chi connectivity index (χ0v) is 13.5. The first-order valence-electron chi connectivity index (χ1n) is 6.50. The number of benzene rings is 1. The molecule has 1 aromatic rings. The van der Waals surface area contributed by atoms with Crippen LogP contribution in [0.15, 0.2) is 17.0 Å². The highest BCUT2D eigenvalue weighted by atomic mass is 35.5. The molecule has 8 heteroatoms. The number of hydrogen-bond donors (Lipinski definition) is 2. The third-order valence-corrected chi connectivity index (χ3v) is 5.14. The van der Waals surface area contributed by atoms with Gasteiger partial charge in [0, 0.05) is 18.7 Å². The number of rotatable bonds is 3. The summed E-state index contributed by atoms with van der Waals surface area (Å²) in [6, 6.07) is 1.33. The number of nitrogens with one attached hydrogen (secondary N) is 2. The fourth-order valence-electron chi connectivity index (χ4n) is 2.25. The van der Waals surface area contributed by atoms with Crippen molar-refractivity contribution in [1.29, 1.82) is 0 Å². The van der Waals surface area contributed by atoms with Gasteiger partial charge < -0.3 is 5.32 Å². The van der Waals surface area contributed by atoms with E-state index in [1.807, 2.05) is 6.92 Å².